The van der Waals surface area contributed by atoms with E-state index in [2.05, 4.69) is 10.4 Å². The number of ether oxygens (including phenoxy) is 4. The van der Waals surface area contributed by atoms with Crippen molar-refractivity contribution >= 4 is 17.6 Å². The van der Waals surface area contributed by atoms with Gasteiger partial charge in [-0.25, -0.2) is 4.79 Å². The summed E-state index contributed by atoms with van der Waals surface area (Å²) in [6.45, 7) is 0.334. The summed E-state index contributed by atoms with van der Waals surface area (Å²) in [5.74, 6) is 0.226. The fourth-order valence-electron chi connectivity index (χ4n) is 3.13. The fourth-order valence-corrected chi connectivity index (χ4v) is 3.13. The molecule has 31 heavy (non-hydrogen) atoms. The maximum Gasteiger partial charge on any atom is 0.338 e. The van der Waals surface area contributed by atoms with Gasteiger partial charge in [-0.2, -0.15) is 5.10 Å². The lowest BCUT2D eigenvalue weighted by Crippen LogP contribution is -2.13. The van der Waals surface area contributed by atoms with Gasteiger partial charge in [0.25, 0.3) is 5.91 Å². The maximum atomic E-state index is 12.8. The predicted octanol–water partition coefficient (Wildman–Crippen LogP) is 3.00. The molecule has 3 rings (SSSR count). The van der Waals surface area contributed by atoms with E-state index in [9.17, 15) is 9.59 Å². The molecule has 9 nitrogen and oxygen atoms in total. The molecule has 0 unspecified atom stereocenters. The Kier molecular flexibility index (Phi) is 6.76. The third kappa shape index (κ3) is 4.61. The molecule has 1 N–H and O–H groups in total. The van der Waals surface area contributed by atoms with Crippen LogP contribution in [0.25, 0.3) is 0 Å². The van der Waals surface area contributed by atoms with Gasteiger partial charge in [-0.05, 0) is 23.8 Å². The van der Waals surface area contributed by atoms with Crippen molar-refractivity contribution in [1.29, 1.82) is 0 Å². The first-order chi connectivity index (χ1) is 15.0. The lowest BCUT2D eigenvalue weighted by Gasteiger charge is -2.15. The van der Waals surface area contributed by atoms with Gasteiger partial charge in [0.05, 0.1) is 58.0 Å². The van der Waals surface area contributed by atoms with E-state index in [1.54, 1.807) is 35.1 Å². The molecule has 3 aromatic rings. The van der Waals surface area contributed by atoms with Crippen molar-refractivity contribution in [2.24, 2.45) is 0 Å². The minimum Gasteiger partial charge on any atom is -0.493 e. The Morgan fingerprint density at radius 3 is 2.35 bits per heavy atom. The molecule has 0 aliphatic carbocycles. The highest BCUT2D eigenvalue weighted by Gasteiger charge is 2.21. The minimum absolute atomic E-state index is 0.263. The number of esters is 1. The van der Waals surface area contributed by atoms with Crippen molar-refractivity contribution in [3.8, 4) is 17.2 Å². The molecule has 0 saturated heterocycles. The zero-order valence-electron chi connectivity index (χ0n) is 17.7. The van der Waals surface area contributed by atoms with Crippen molar-refractivity contribution in [2.75, 3.05) is 33.8 Å². The average molecular weight is 425 g/mol. The first kappa shape index (κ1) is 21.7. The fraction of sp³-hybridized carbons (Fsp3) is 0.227. The first-order valence-electron chi connectivity index (χ1n) is 9.31. The number of amides is 1. The normalized spacial score (nSPS) is 10.3. The quantitative estimate of drug-likeness (QED) is 0.554. The number of methoxy groups -OCH3 is 4. The van der Waals surface area contributed by atoms with Crippen molar-refractivity contribution in [3.05, 3.63) is 65.5 Å². The summed E-state index contributed by atoms with van der Waals surface area (Å²) in [5.41, 5.74) is 1.97. The van der Waals surface area contributed by atoms with Crippen LogP contribution in [0.1, 0.15) is 26.3 Å². The molecule has 0 saturated carbocycles. The number of benzene rings is 2. The minimum atomic E-state index is -0.420. The molecule has 162 valence electrons. The molecule has 9 heteroatoms. The van der Waals surface area contributed by atoms with Gasteiger partial charge in [-0.3, -0.25) is 9.48 Å². The van der Waals surface area contributed by atoms with Crippen LogP contribution in [0.5, 0.6) is 17.2 Å². The predicted molar refractivity (Wildman–Crippen MR) is 113 cm³/mol. The summed E-state index contributed by atoms with van der Waals surface area (Å²) in [6, 6.07) is 10.3. The highest BCUT2D eigenvalue weighted by Crippen LogP contribution is 2.39. The molecule has 1 aromatic heterocycles. The lowest BCUT2D eigenvalue weighted by atomic mass is 10.1. The van der Waals surface area contributed by atoms with Crippen molar-refractivity contribution in [2.45, 2.75) is 6.54 Å². The number of aromatic nitrogens is 2. The molecule has 0 fully saturated rings. The second-order valence-electron chi connectivity index (χ2n) is 6.41. The van der Waals surface area contributed by atoms with E-state index in [1.165, 1.54) is 34.6 Å². The largest absolute Gasteiger partial charge is 0.493 e. The number of carbonyl (C=O) groups excluding carboxylic acids is 2. The van der Waals surface area contributed by atoms with Crippen molar-refractivity contribution in [1.82, 2.24) is 9.78 Å². The zero-order chi connectivity index (χ0) is 22.4. The Bertz CT molecular complexity index is 1090. The Morgan fingerprint density at radius 1 is 0.935 bits per heavy atom. The third-order valence-corrected chi connectivity index (χ3v) is 4.59. The smallest absolute Gasteiger partial charge is 0.338 e. The van der Waals surface area contributed by atoms with E-state index in [-0.39, 0.29) is 11.3 Å². The number of anilines is 1. The van der Waals surface area contributed by atoms with Gasteiger partial charge in [0.15, 0.2) is 11.5 Å². The van der Waals surface area contributed by atoms with Gasteiger partial charge in [0, 0.05) is 6.20 Å². The maximum absolute atomic E-state index is 12.8. The summed E-state index contributed by atoms with van der Waals surface area (Å²) >= 11 is 0. The molecule has 2 aromatic carbocycles. The molecule has 0 atom stereocenters. The van der Waals surface area contributed by atoms with Gasteiger partial charge in [-0.1, -0.05) is 18.2 Å². The van der Waals surface area contributed by atoms with Crippen LogP contribution in [-0.2, 0) is 11.3 Å². The zero-order valence-corrected chi connectivity index (χ0v) is 17.7. The molecule has 0 aliphatic rings. The standard InChI is InChI=1S/C22H23N3O6/c1-28-18-10-9-17(19(29-2)20(18)30-3)21(26)24-15-11-23-25(13-15)12-14-7-5-6-8-16(14)22(27)31-4/h5-11,13H,12H2,1-4H3,(H,24,26). The SMILES string of the molecule is COC(=O)c1ccccc1Cn1cc(NC(=O)c2ccc(OC)c(OC)c2OC)cn1. The van der Waals surface area contributed by atoms with Gasteiger partial charge in [0.2, 0.25) is 5.75 Å². The topological polar surface area (TPSA) is 101 Å². The van der Waals surface area contributed by atoms with E-state index in [0.717, 1.165) is 5.56 Å². The van der Waals surface area contributed by atoms with Crippen LogP contribution >= 0.6 is 0 Å². The van der Waals surface area contributed by atoms with E-state index in [4.69, 9.17) is 18.9 Å². The van der Waals surface area contributed by atoms with Crippen LogP contribution in [0, 0.1) is 0 Å². The monoisotopic (exact) mass is 425 g/mol. The Morgan fingerprint density at radius 2 is 1.68 bits per heavy atom. The molecular formula is C22H23N3O6. The number of hydrogen-bond acceptors (Lipinski definition) is 7. The van der Waals surface area contributed by atoms with Gasteiger partial charge in [0.1, 0.15) is 0 Å². The number of carbonyl (C=O) groups is 2. The second kappa shape index (κ2) is 9.66. The Balaban J connectivity index is 1.80. The first-order valence-corrected chi connectivity index (χ1v) is 9.31. The summed E-state index contributed by atoms with van der Waals surface area (Å²) < 4.78 is 22.4. The van der Waals surface area contributed by atoms with E-state index < -0.39 is 11.9 Å². The number of hydrogen-bond donors (Lipinski definition) is 1. The van der Waals surface area contributed by atoms with Crippen LogP contribution < -0.4 is 19.5 Å². The lowest BCUT2D eigenvalue weighted by molar-refractivity contribution is 0.0599. The number of rotatable bonds is 8. The second-order valence-corrected chi connectivity index (χ2v) is 6.41. The number of nitrogens with one attached hydrogen (secondary N) is 1. The molecular weight excluding hydrogens is 402 g/mol. The summed E-state index contributed by atoms with van der Waals surface area (Å²) in [4.78, 5) is 24.8. The van der Waals surface area contributed by atoms with Crippen LogP contribution in [0.4, 0.5) is 5.69 Å². The van der Waals surface area contributed by atoms with E-state index in [0.29, 0.717) is 29.3 Å². The van der Waals surface area contributed by atoms with Crippen LogP contribution in [0.3, 0.4) is 0 Å². The van der Waals surface area contributed by atoms with Crippen LogP contribution in [-0.4, -0.2) is 50.1 Å². The highest BCUT2D eigenvalue weighted by molar-refractivity contribution is 6.07. The molecule has 0 aliphatic heterocycles. The molecule has 0 radical (unpaired) electrons. The summed E-state index contributed by atoms with van der Waals surface area (Å²) in [5, 5.41) is 7.05. The van der Waals surface area contributed by atoms with E-state index >= 15 is 0 Å². The van der Waals surface area contributed by atoms with Crippen LogP contribution in [0.2, 0.25) is 0 Å². The third-order valence-electron chi connectivity index (χ3n) is 4.59. The van der Waals surface area contributed by atoms with Crippen LogP contribution in [0.15, 0.2) is 48.8 Å². The molecule has 1 heterocycles. The van der Waals surface area contributed by atoms with E-state index in [1.807, 2.05) is 12.1 Å². The van der Waals surface area contributed by atoms with Crippen molar-refractivity contribution < 1.29 is 28.5 Å². The molecule has 0 bridgehead atoms. The van der Waals surface area contributed by atoms with Gasteiger partial charge >= 0.3 is 5.97 Å². The summed E-state index contributed by atoms with van der Waals surface area (Å²) in [6.07, 6.45) is 3.19. The Hall–Kier alpha value is -4.01. The van der Waals surface area contributed by atoms with Crippen molar-refractivity contribution in [3.63, 3.8) is 0 Å². The van der Waals surface area contributed by atoms with Gasteiger partial charge in [-0.15, -0.1) is 0 Å². The molecule has 0 spiro atoms. The van der Waals surface area contributed by atoms with Gasteiger partial charge < -0.3 is 24.3 Å². The Labute approximate surface area is 179 Å². The highest BCUT2D eigenvalue weighted by atomic mass is 16.5. The average Bonchev–Trinajstić information content (AvgIpc) is 3.24. The summed E-state index contributed by atoms with van der Waals surface area (Å²) in [7, 11) is 5.76. The number of nitrogens with zero attached hydrogens (tertiary/aromatic N) is 2. The molecule has 1 amide bonds.